The van der Waals surface area contributed by atoms with Crippen LogP contribution >= 0.6 is 11.6 Å². The summed E-state index contributed by atoms with van der Waals surface area (Å²) in [6.07, 6.45) is 5.51. The Hall–Kier alpha value is -1.45. The molecule has 0 fully saturated rings. The van der Waals surface area contributed by atoms with Crippen molar-refractivity contribution in [1.29, 1.82) is 0 Å². The Balaban J connectivity index is 2.11. The van der Waals surface area contributed by atoms with E-state index in [0.29, 0.717) is 0 Å². The lowest BCUT2D eigenvalue weighted by Gasteiger charge is -2.17. The number of halogens is 1. The maximum Gasteiger partial charge on any atom is 0.145 e. The molecule has 0 spiro atoms. The van der Waals surface area contributed by atoms with Crippen LogP contribution in [0.1, 0.15) is 30.8 Å². The van der Waals surface area contributed by atoms with Crippen LogP contribution in [0.5, 0.6) is 0 Å². The van der Waals surface area contributed by atoms with E-state index in [9.17, 15) is 0 Å². The van der Waals surface area contributed by atoms with Gasteiger partial charge in [0.25, 0.3) is 0 Å². The van der Waals surface area contributed by atoms with E-state index in [-0.39, 0.29) is 6.04 Å². The first kappa shape index (κ1) is 14.0. The molecule has 19 heavy (non-hydrogen) atoms. The summed E-state index contributed by atoms with van der Waals surface area (Å²) in [5, 5.41) is 4.25. The van der Waals surface area contributed by atoms with Crippen molar-refractivity contribution < 1.29 is 0 Å². The summed E-state index contributed by atoms with van der Waals surface area (Å²) < 4.78 is 0. The van der Waals surface area contributed by atoms with Crippen molar-refractivity contribution in [2.45, 2.75) is 25.8 Å². The molecule has 0 aliphatic carbocycles. The third kappa shape index (κ3) is 4.30. The van der Waals surface area contributed by atoms with E-state index in [1.54, 1.807) is 12.4 Å². The van der Waals surface area contributed by atoms with Gasteiger partial charge in [0.15, 0.2) is 0 Å². The predicted octanol–water partition coefficient (Wildman–Crippen LogP) is 3.41. The minimum atomic E-state index is 0.141. The Morgan fingerprint density at radius 2 is 1.84 bits per heavy atom. The molecular formula is C15H18ClN3. The van der Waals surface area contributed by atoms with Crippen LogP contribution in [0.3, 0.4) is 0 Å². The van der Waals surface area contributed by atoms with Crippen LogP contribution in [0.25, 0.3) is 0 Å². The van der Waals surface area contributed by atoms with Crippen LogP contribution in [0.15, 0.2) is 42.7 Å². The van der Waals surface area contributed by atoms with Crippen molar-refractivity contribution >= 4 is 11.6 Å². The summed E-state index contributed by atoms with van der Waals surface area (Å²) in [7, 11) is 0. The molecule has 1 aromatic carbocycles. The second-order valence-electron chi connectivity index (χ2n) is 4.44. The maximum absolute atomic E-state index is 5.91. The third-order valence-electron chi connectivity index (χ3n) is 2.89. The molecule has 1 N–H and O–H groups in total. The monoisotopic (exact) mass is 275 g/mol. The van der Waals surface area contributed by atoms with Gasteiger partial charge >= 0.3 is 0 Å². The minimum Gasteiger partial charge on any atom is -0.307 e. The van der Waals surface area contributed by atoms with Gasteiger partial charge in [0.05, 0.1) is 6.04 Å². The van der Waals surface area contributed by atoms with Gasteiger partial charge in [-0.05, 0) is 43.1 Å². The number of hydrogen-bond donors (Lipinski definition) is 1. The van der Waals surface area contributed by atoms with Crippen LogP contribution in [0.2, 0.25) is 5.02 Å². The molecule has 0 saturated heterocycles. The molecule has 0 radical (unpaired) electrons. The topological polar surface area (TPSA) is 37.8 Å². The van der Waals surface area contributed by atoms with Crippen molar-refractivity contribution in [3.8, 4) is 0 Å². The van der Waals surface area contributed by atoms with Crippen LogP contribution < -0.4 is 5.32 Å². The predicted molar refractivity (Wildman–Crippen MR) is 78.2 cm³/mol. The van der Waals surface area contributed by atoms with Gasteiger partial charge < -0.3 is 5.32 Å². The molecule has 0 bridgehead atoms. The summed E-state index contributed by atoms with van der Waals surface area (Å²) in [6.45, 7) is 3.11. The second-order valence-corrected chi connectivity index (χ2v) is 4.88. The van der Waals surface area contributed by atoms with Gasteiger partial charge in [0, 0.05) is 17.4 Å². The number of nitrogens with zero attached hydrogens (tertiary/aromatic N) is 2. The molecule has 1 heterocycles. The van der Waals surface area contributed by atoms with E-state index in [1.165, 1.54) is 5.56 Å². The highest BCUT2D eigenvalue weighted by Crippen LogP contribution is 2.17. The van der Waals surface area contributed by atoms with Gasteiger partial charge in [-0.3, -0.25) is 0 Å². The summed E-state index contributed by atoms with van der Waals surface area (Å²) in [5.41, 5.74) is 1.23. The van der Waals surface area contributed by atoms with Crippen molar-refractivity contribution in [3.05, 3.63) is 59.1 Å². The number of hydrogen-bond acceptors (Lipinski definition) is 3. The average molecular weight is 276 g/mol. The Morgan fingerprint density at radius 1 is 1.16 bits per heavy atom. The highest BCUT2D eigenvalue weighted by Gasteiger charge is 2.13. The fraction of sp³-hybridized carbons (Fsp3) is 0.333. The lowest BCUT2D eigenvalue weighted by Crippen LogP contribution is -2.25. The zero-order chi connectivity index (χ0) is 13.5. The quantitative estimate of drug-likeness (QED) is 0.878. The largest absolute Gasteiger partial charge is 0.307 e. The molecule has 100 valence electrons. The highest BCUT2D eigenvalue weighted by molar-refractivity contribution is 6.30. The van der Waals surface area contributed by atoms with E-state index in [1.807, 2.05) is 30.3 Å². The van der Waals surface area contributed by atoms with E-state index in [0.717, 1.165) is 30.2 Å². The molecule has 4 heteroatoms. The summed E-state index contributed by atoms with van der Waals surface area (Å²) in [5.74, 6) is 0.839. The van der Waals surface area contributed by atoms with E-state index >= 15 is 0 Å². The van der Waals surface area contributed by atoms with Gasteiger partial charge in [0.2, 0.25) is 0 Å². The summed E-state index contributed by atoms with van der Waals surface area (Å²) in [4.78, 5) is 8.69. The number of benzene rings is 1. The minimum absolute atomic E-state index is 0.141. The van der Waals surface area contributed by atoms with E-state index < -0.39 is 0 Å². The first-order valence-electron chi connectivity index (χ1n) is 6.54. The average Bonchev–Trinajstić information content (AvgIpc) is 2.46. The van der Waals surface area contributed by atoms with Gasteiger partial charge in [-0.1, -0.05) is 30.7 Å². The molecule has 2 aromatic rings. The molecule has 0 amide bonds. The number of nitrogens with one attached hydrogen (secondary N) is 1. The van der Waals surface area contributed by atoms with Crippen molar-refractivity contribution in [2.24, 2.45) is 0 Å². The number of aromatic nitrogens is 2. The second kappa shape index (κ2) is 7.22. The molecule has 2 rings (SSSR count). The Bertz CT molecular complexity index is 485. The molecule has 0 saturated carbocycles. The van der Waals surface area contributed by atoms with Crippen LogP contribution in [0.4, 0.5) is 0 Å². The molecule has 0 aliphatic rings. The normalized spacial score (nSPS) is 12.3. The van der Waals surface area contributed by atoms with Crippen LogP contribution in [0, 0.1) is 0 Å². The fourth-order valence-corrected chi connectivity index (χ4v) is 2.05. The Labute approximate surface area is 119 Å². The van der Waals surface area contributed by atoms with Gasteiger partial charge in [-0.15, -0.1) is 0 Å². The van der Waals surface area contributed by atoms with Crippen molar-refractivity contribution in [3.63, 3.8) is 0 Å². The van der Waals surface area contributed by atoms with E-state index in [2.05, 4.69) is 22.2 Å². The molecule has 1 unspecified atom stereocenters. The zero-order valence-corrected chi connectivity index (χ0v) is 11.8. The van der Waals surface area contributed by atoms with Gasteiger partial charge in [-0.2, -0.15) is 0 Å². The highest BCUT2D eigenvalue weighted by atomic mass is 35.5. The molecule has 1 aromatic heterocycles. The first-order valence-corrected chi connectivity index (χ1v) is 6.92. The van der Waals surface area contributed by atoms with Crippen molar-refractivity contribution in [2.75, 3.05) is 6.54 Å². The molecule has 1 atom stereocenters. The standard InChI is InChI=1S/C15H18ClN3/c1-2-8-17-14(15-18-9-3-10-19-15)11-12-4-6-13(16)7-5-12/h3-7,9-10,14,17H,2,8,11H2,1H3. The Kier molecular flexibility index (Phi) is 5.31. The third-order valence-corrected chi connectivity index (χ3v) is 3.14. The maximum atomic E-state index is 5.91. The summed E-state index contributed by atoms with van der Waals surface area (Å²) in [6, 6.07) is 9.90. The van der Waals surface area contributed by atoms with E-state index in [4.69, 9.17) is 11.6 Å². The van der Waals surface area contributed by atoms with Crippen LogP contribution in [-0.4, -0.2) is 16.5 Å². The molecule has 0 aliphatic heterocycles. The lowest BCUT2D eigenvalue weighted by atomic mass is 10.1. The van der Waals surface area contributed by atoms with Crippen LogP contribution in [-0.2, 0) is 6.42 Å². The van der Waals surface area contributed by atoms with Gasteiger partial charge in [0.1, 0.15) is 5.82 Å². The number of rotatable bonds is 6. The lowest BCUT2D eigenvalue weighted by molar-refractivity contribution is 0.504. The smallest absolute Gasteiger partial charge is 0.145 e. The van der Waals surface area contributed by atoms with Crippen molar-refractivity contribution in [1.82, 2.24) is 15.3 Å². The first-order chi connectivity index (χ1) is 9.29. The zero-order valence-electron chi connectivity index (χ0n) is 11.0. The molecular weight excluding hydrogens is 258 g/mol. The fourth-order valence-electron chi connectivity index (χ4n) is 1.92. The summed E-state index contributed by atoms with van der Waals surface area (Å²) >= 11 is 5.91. The van der Waals surface area contributed by atoms with Gasteiger partial charge in [-0.25, -0.2) is 9.97 Å². The Morgan fingerprint density at radius 3 is 2.47 bits per heavy atom. The molecule has 3 nitrogen and oxygen atoms in total. The SMILES string of the molecule is CCCNC(Cc1ccc(Cl)cc1)c1ncccn1.